The second-order valence-corrected chi connectivity index (χ2v) is 4.84. The molecule has 2 atom stereocenters. The lowest BCUT2D eigenvalue weighted by Gasteiger charge is -2.18. The Hall–Kier alpha value is -1.35. The van der Waals surface area contributed by atoms with Crippen LogP contribution in [-0.4, -0.2) is 19.0 Å². The highest BCUT2D eigenvalue weighted by Crippen LogP contribution is 2.21. The fourth-order valence-corrected chi connectivity index (χ4v) is 1.90. The van der Waals surface area contributed by atoms with Gasteiger partial charge in [0.25, 0.3) is 0 Å². The standard InChI is InChI=1S/C15H24N2O/c1-3-7-14(13-8-5-4-6-9-13)15(18)17-11-12(2)10-16/h4-6,8-9,12,14H,3,7,10-11,16H2,1-2H3,(H,17,18). The van der Waals surface area contributed by atoms with Crippen LogP contribution in [0.1, 0.15) is 38.2 Å². The Bertz CT molecular complexity index is 351. The third-order valence-corrected chi connectivity index (χ3v) is 3.12. The van der Waals surface area contributed by atoms with E-state index < -0.39 is 0 Å². The summed E-state index contributed by atoms with van der Waals surface area (Å²) in [4.78, 5) is 12.2. The van der Waals surface area contributed by atoms with Crippen LogP contribution >= 0.6 is 0 Å². The zero-order valence-electron chi connectivity index (χ0n) is 11.4. The molecule has 1 rings (SSSR count). The molecule has 0 saturated carbocycles. The number of carbonyl (C=O) groups is 1. The van der Waals surface area contributed by atoms with Crippen molar-refractivity contribution >= 4 is 5.91 Å². The highest BCUT2D eigenvalue weighted by Gasteiger charge is 2.19. The van der Waals surface area contributed by atoms with Crippen molar-refractivity contribution in [3.05, 3.63) is 35.9 Å². The summed E-state index contributed by atoms with van der Waals surface area (Å²) in [6, 6.07) is 9.97. The first kappa shape index (κ1) is 14.7. The van der Waals surface area contributed by atoms with Gasteiger partial charge >= 0.3 is 0 Å². The molecule has 0 aliphatic carbocycles. The molecule has 3 N–H and O–H groups in total. The first-order chi connectivity index (χ1) is 8.69. The van der Waals surface area contributed by atoms with E-state index in [4.69, 9.17) is 5.73 Å². The number of benzene rings is 1. The zero-order chi connectivity index (χ0) is 13.4. The van der Waals surface area contributed by atoms with E-state index in [0.717, 1.165) is 18.4 Å². The summed E-state index contributed by atoms with van der Waals surface area (Å²) >= 11 is 0. The molecule has 3 nitrogen and oxygen atoms in total. The van der Waals surface area contributed by atoms with Gasteiger partial charge in [0.1, 0.15) is 0 Å². The van der Waals surface area contributed by atoms with E-state index in [2.05, 4.69) is 12.2 Å². The predicted molar refractivity (Wildman–Crippen MR) is 75.3 cm³/mol. The van der Waals surface area contributed by atoms with Crippen molar-refractivity contribution in [2.24, 2.45) is 11.7 Å². The van der Waals surface area contributed by atoms with E-state index in [1.54, 1.807) is 0 Å². The van der Waals surface area contributed by atoms with E-state index in [-0.39, 0.29) is 11.8 Å². The van der Waals surface area contributed by atoms with Crippen LogP contribution in [0.5, 0.6) is 0 Å². The monoisotopic (exact) mass is 248 g/mol. The SMILES string of the molecule is CCCC(C(=O)NCC(C)CN)c1ccccc1. The van der Waals surface area contributed by atoms with Gasteiger partial charge < -0.3 is 11.1 Å². The Morgan fingerprint density at radius 2 is 2.00 bits per heavy atom. The molecular weight excluding hydrogens is 224 g/mol. The van der Waals surface area contributed by atoms with Crippen molar-refractivity contribution in [1.82, 2.24) is 5.32 Å². The Morgan fingerprint density at radius 1 is 1.33 bits per heavy atom. The molecule has 0 aliphatic heterocycles. The molecule has 0 spiro atoms. The lowest BCUT2D eigenvalue weighted by Crippen LogP contribution is -2.34. The number of nitrogens with one attached hydrogen (secondary N) is 1. The Kier molecular flexibility index (Phi) is 6.44. The van der Waals surface area contributed by atoms with Crippen molar-refractivity contribution in [3.63, 3.8) is 0 Å². The van der Waals surface area contributed by atoms with Crippen molar-refractivity contribution in [2.45, 2.75) is 32.6 Å². The van der Waals surface area contributed by atoms with Crippen LogP contribution in [0.15, 0.2) is 30.3 Å². The largest absolute Gasteiger partial charge is 0.355 e. The van der Waals surface area contributed by atoms with E-state index in [1.807, 2.05) is 37.3 Å². The van der Waals surface area contributed by atoms with E-state index >= 15 is 0 Å². The van der Waals surface area contributed by atoms with Gasteiger partial charge in [-0.3, -0.25) is 4.79 Å². The summed E-state index contributed by atoms with van der Waals surface area (Å²) < 4.78 is 0. The lowest BCUT2D eigenvalue weighted by molar-refractivity contribution is -0.122. The average Bonchev–Trinajstić information content (AvgIpc) is 2.42. The molecule has 0 radical (unpaired) electrons. The van der Waals surface area contributed by atoms with Gasteiger partial charge in [0.2, 0.25) is 5.91 Å². The van der Waals surface area contributed by atoms with E-state index in [0.29, 0.717) is 19.0 Å². The van der Waals surface area contributed by atoms with Crippen LogP contribution in [-0.2, 0) is 4.79 Å². The topological polar surface area (TPSA) is 55.1 Å². The Labute approximate surface area is 110 Å². The predicted octanol–water partition coefficient (Wildman–Crippen LogP) is 2.28. The molecule has 1 aromatic rings. The number of nitrogens with two attached hydrogens (primary N) is 1. The van der Waals surface area contributed by atoms with Gasteiger partial charge in [-0.05, 0) is 24.4 Å². The van der Waals surface area contributed by atoms with Crippen molar-refractivity contribution < 1.29 is 4.79 Å². The maximum atomic E-state index is 12.2. The van der Waals surface area contributed by atoms with E-state index in [9.17, 15) is 4.79 Å². The average molecular weight is 248 g/mol. The van der Waals surface area contributed by atoms with Crippen molar-refractivity contribution in [2.75, 3.05) is 13.1 Å². The molecule has 2 unspecified atom stereocenters. The fraction of sp³-hybridized carbons (Fsp3) is 0.533. The third-order valence-electron chi connectivity index (χ3n) is 3.12. The third kappa shape index (κ3) is 4.49. The summed E-state index contributed by atoms with van der Waals surface area (Å²) in [5, 5.41) is 3.00. The molecule has 0 aromatic heterocycles. The fourth-order valence-electron chi connectivity index (χ4n) is 1.90. The number of amides is 1. The van der Waals surface area contributed by atoms with Crippen molar-refractivity contribution in [1.29, 1.82) is 0 Å². The van der Waals surface area contributed by atoms with Crippen LogP contribution in [0.25, 0.3) is 0 Å². The van der Waals surface area contributed by atoms with E-state index in [1.165, 1.54) is 0 Å². The minimum Gasteiger partial charge on any atom is -0.355 e. The molecule has 1 aromatic carbocycles. The van der Waals surface area contributed by atoms with Crippen LogP contribution in [0.2, 0.25) is 0 Å². The molecule has 0 aliphatic rings. The van der Waals surface area contributed by atoms with Crippen molar-refractivity contribution in [3.8, 4) is 0 Å². The summed E-state index contributed by atoms with van der Waals surface area (Å²) in [6.45, 7) is 5.40. The van der Waals surface area contributed by atoms with Gasteiger partial charge in [-0.1, -0.05) is 50.6 Å². The molecule has 0 bridgehead atoms. The van der Waals surface area contributed by atoms with Crippen LogP contribution in [0, 0.1) is 5.92 Å². The van der Waals surface area contributed by atoms with Crippen LogP contribution < -0.4 is 11.1 Å². The lowest BCUT2D eigenvalue weighted by atomic mass is 9.93. The highest BCUT2D eigenvalue weighted by molar-refractivity contribution is 5.83. The van der Waals surface area contributed by atoms with Gasteiger partial charge in [-0.15, -0.1) is 0 Å². The number of rotatable bonds is 7. The molecule has 0 saturated heterocycles. The first-order valence-corrected chi connectivity index (χ1v) is 6.71. The molecule has 1 amide bonds. The maximum absolute atomic E-state index is 12.2. The number of hydrogen-bond donors (Lipinski definition) is 2. The van der Waals surface area contributed by atoms with Gasteiger partial charge in [0, 0.05) is 6.54 Å². The van der Waals surface area contributed by atoms with Crippen LogP contribution in [0.3, 0.4) is 0 Å². The molecule has 18 heavy (non-hydrogen) atoms. The Morgan fingerprint density at radius 3 is 2.56 bits per heavy atom. The van der Waals surface area contributed by atoms with Gasteiger partial charge in [0.15, 0.2) is 0 Å². The number of hydrogen-bond acceptors (Lipinski definition) is 2. The zero-order valence-corrected chi connectivity index (χ0v) is 11.4. The summed E-state index contributed by atoms with van der Waals surface area (Å²) in [7, 11) is 0. The summed E-state index contributed by atoms with van der Waals surface area (Å²) in [5.41, 5.74) is 6.65. The molecule has 0 heterocycles. The smallest absolute Gasteiger partial charge is 0.227 e. The molecular formula is C15H24N2O. The molecule has 3 heteroatoms. The molecule has 100 valence electrons. The first-order valence-electron chi connectivity index (χ1n) is 6.71. The normalized spacial score (nSPS) is 13.9. The maximum Gasteiger partial charge on any atom is 0.227 e. The summed E-state index contributed by atoms with van der Waals surface area (Å²) in [6.07, 6.45) is 1.88. The second-order valence-electron chi connectivity index (χ2n) is 4.84. The molecule has 0 fully saturated rings. The van der Waals surface area contributed by atoms with Crippen LogP contribution in [0.4, 0.5) is 0 Å². The van der Waals surface area contributed by atoms with Gasteiger partial charge in [-0.25, -0.2) is 0 Å². The highest BCUT2D eigenvalue weighted by atomic mass is 16.1. The second kappa shape index (κ2) is 7.88. The number of carbonyl (C=O) groups excluding carboxylic acids is 1. The van der Waals surface area contributed by atoms with Gasteiger partial charge in [0.05, 0.1) is 5.92 Å². The minimum absolute atomic E-state index is 0.0406. The Balaban J connectivity index is 2.64. The quantitative estimate of drug-likeness (QED) is 0.778. The summed E-state index contributed by atoms with van der Waals surface area (Å²) in [5.74, 6) is 0.400. The minimum atomic E-state index is -0.0406. The van der Waals surface area contributed by atoms with Gasteiger partial charge in [-0.2, -0.15) is 0 Å².